The lowest BCUT2D eigenvalue weighted by Gasteiger charge is -2.11. The van der Waals surface area contributed by atoms with Gasteiger partial charge in [0.2, 0.25) is 5.76 Å². The van der Waals surface area contributed by atoms with Crippen molar-refractivity contribution in [2.45, 2.75) is 52.0 Å². The van der Waals surface area contributed by atoms with E-state index in [4.69, 9.17) is 9.63 Å². The van der Waals surface area contributed by atoms with E-state index in [1.54, 1.807) is 6.07 Å². The van der Waals surface area contributed by atoms with Gasteiger partial charge in [0.25, 0.3) is 5.91 Å². The van der Waals surface area contributed by atoms with Crippen molar-refractivity contribution in [2.75, 3.05) is 6.61 Å². The molecule has 0 saturated carbocycles. The van der Waals surface area contributed by atoms with Crippen LogP contribution in [0.4, 0.5) is 0 Å². The van der Waals surface area contributed by atoms with Gasteiger partial charge < -0.3 is 14.9 Å². The van der Waals surface area contributed by atoms with Crippen LogP contribution in [-0.4, -0.2) is 28.8 Å². The van der Waals surface area contributed by atoms with Crippen molar-refractivity contribution in [1.82, 2.24) is 10.5 Å². The highest BCUT2D eigenvalue weighted by Crippen LogP contribution is 2.18. The molecule has 5 nitrogen and oxygen atoms in total. The predicted octanol–water partition coefficient (Wildman–Crippen LogP) is 2.08. The maximum Gasteiger partial charge on any atom is 0.290 e. The standard InChI is InChI=1S/C13H22N2O3/c1-4-9(2)11-8-12(18-15-11)13(17)14-10(3)6-5-7-16/h8-10,16H,4-7H2,1-3H3,(H,14,17). The maximum absolute atomic E-state index is 11.8. The van der Waals surface area contributed by atoms with Crippen LogP contribution in [0, 0.1) is 0 Å². The van der Waals surface area contributed by atoms with E-state index in [0.717, 1.165) is 18.5 Å². The second-order valence-electron chi connectivity index (χ2n) is 4.67. The first-order valence-corrected chi connectivity index (χ1v) is 6.46. The van der Waals surface area contributed by atoms with Crippen LogP contribution in [0.25, 0.3) is 0 Å². The summed E-state index contributed by atoms with van der Waals surface area (Å²) in [5, 5.41) is 15.4. The third-order valence-corrected chi connectivity index (χ3v) is 3.04. The lowest BCUT2D eigenvalue weighted by molar-refractivity contribution is 0.0899. The van der Waals surface area contributed by atoms with E-state index in [-0.39, 0.29) is 24.3 Å². The molecule has 0 aliphatic rings. The van der Waals surface area contributed by atoms with Gasteiger partial charge in [-0.1, -0.05) is 19.0 Å². The molecule has 0 saturated heterocycles. The molecular formula is C13H22N2O3. The maximum atomic E-state index is 11.8. The molecule has 0 fully saturated rings. The van der Waals surface area contributed by atoms with Gasteiger partial charge in [-0.2, -0.15) is 0 Å². The summed E-state index contributed by atoms with van der Waals surface area (Å²) in [5.41, 5.74) is 0.811. The minimum atomic E-state index is -0.248. The van der Waals surface area contributed by atoms with Crippen molar-refractivity contribution in [1.29, 1.82) is 0 Å². The number of aliphatic hydroxyl groups is 1. The second-order valence-corrected chi connectivity index (χ2v) is 4.67. The van der Waals surface area contributed by atoms with E-state index in [1.807, 2.05) is 13.8 Å². The summed E-state index contributed by atoms with van der Waals surface area (Å²) in [6.07, 6.45) is 2.38. The Hall–Kier alpha value is -1.36. The summed E-state index contributed by atoms with van der Waals surface area (Å²) in [7, 11) is 0. The number of carbonyl (C=O) groups excluding carboxylic acids is 1. The van der Waals surface area contributed by atoms with Crippen LogP contribution in [0.5, 0.6) is 0 Å². The summed E-state index contributed by atoms with van der Waals surface area (Å²) in [6, 6.07) is 1.71. The summed E-state index contributed by atoms with van der Waals surface area (Å²) in [6.45, 7) is 6.15. The topological polar surface area (TPSA) is 75.4 Å². The molecule has 5 heteroatoms. The number of nitrogens with one attached hydrogen (secondary N) is 1. The molecule has 0 bridgehead atoms. The summed E-state index contributed by atoms with van der Waals surface area (Å²) in [5.74, 6) is 0.297. The van der Waals surface area contributed by atoms with E-state index in [0.29, 0.717) is 12.3 Å². The van der Waals surface area contributed by atoms with Crippen molar-refractivity contribution in [2.24, 2.45) is 0 Å². The number of rotatable bonds is 7. The zero-order valence-corrected chi connectivity index (χ0v) is 11.3. The first kappa shape index (κ1) is 14.7. The highest BCUT2D eigenvalue weighted by molar-refractivity contribution is 5.91. The van der Waals surface area contributed by atoms with Gasteiger partial charge in [-0.15, -0.1) is 0 Å². The van der Waals surface area contributed by atoms with Gasteiger partial charge in [-0.3, -0.25) is 4.79 Å². The van der Waals surface area contributed by atoms with Crippen molar-refractivity contribution < 1.29 is 14.4 Å². The van der Waals surface area contributed by atoms with E-state index >= 15 is 0 Å². The molecule has 0 aliphatic carbocycles. The van der Waals surface area contributed by atoms with Crippen LogP contribution >= 0.6 is 0 Å². The number of nitrogens with zero attached hydrogens (tertiary/aromatic N) is 1. The average Bonchev–Trinajstić information content (AvgIpc) is 2.85. The summed E-state index contributed by atoms with van der Waals surface area (Å²) in [4.78, 5) is 11.8. The van der Waals surface area contributed by atoms with E-state index < -0.39 is 0 Å². The zero-order chi connectivity index (χ0) is 13.5. The van der Waals surface area contributed by atoms with Gasteiger partial charge in [0.1, 0.15) is 0 Å². The third-order valence-electron chi connectivity index (χ3n) is 3.04. The highest BCUT2D eigenvalue weighted by atomic mass is 16.5. The minimum Gasteiger partial charge on any atom is -0.396 e. The van der Waals surface area contributed by atoms with E-state index in [2.05, 4.69) is 17.4 Å². The molecule has 0 aliphatic heterocycles. The zero-order valence-electron chi connectivity index (χ0n) is 11.3. The molecule has 1 aromatic heterocycles. The van der Waals surface area contributed by atoms with Crippen LogP contribution in [0.2, 0.25) is 0 Å². The van der Waals surface area contributed by atoms with Crippen molar-refractivity contribution in [3.05, 3.63) is 17.5 Å². The molecule has 2 N–H and O–H groups in total. The van der Waals surface area contributed by atoms with Crippen LogP contribution < -0.4 is 5.32 Å². The summed E-state index contributed by atoms with van der Waals surface area (Å²) < 4.78 is 5.04. The number of hydrogen-bond acceptors (Lipinski definition) is 4. The Kier molecular flexibility index (Phi) is 5.85. The molecule has 1 aromatic rings. The lowest BCUT2D eigenvalue weighted by atomic mass is 10.1. The molecule has 1 rings (SSSR count). The number of carbonyl (C=O) groups is 1. The Labute approximate surface area is 108 Å². The average molecular weight is 254 g/mol. The summed E-state index contributed by atoms with van der Waals surface area (Å²) >= 11 is 0. The SMILES string of the molecule is CCC(C)c1cc(C(=O)NC(C)CCCO)on1. The smallest absolute Gasteiger partial charge is 0.290 e. The van der Waals surface area contributed by atoms with Crippen molar-refractivity contribution >= 4 is 5.91 Å². The molecule has 2 unspecified atom stereocenters. The van der Waals surface area contributed by atoms with E-state index in [1.165, 1.54) is 0 Å². The molecular weight excluding hydrogens is 232 g/mol. The van der Waals surface area contributed by atoms with Crippen molar-refractivity contribution in [3.8, 4) is 0 Å². The molecule has 0 radical (unpaired) electrons. The Morgan fingerprint density at radius 2 is 2.28 bits per heavy atom. The van der Waals surface area contributed by atoms with Crippen LogP contribution in [0.15, 0.2) is 10.6 Å². The first-order valence-electron chi connectivity index (χ1n) is 6.46. The number of aromatic nitrogens is 1. The largest absolute Gasteiger partial charge is 0.396 e. The number of hydrogen-bond donors (Lipinski definition) is 2. The number of aliphatic hydroxyl groups excluding tert-OH is 1. The van der Waals surface area contributed by atoms with Gasteiger partial charge >= 0.3 is 0 Å². The van der Waals surface area contributed by atoms with Gasteiger partial charge in [0, 0.05) is 24.6 Å². The van der Waals surface area contributed by atoms with Crippen LogP contribution in [0.1, 0.15) is 62.2 Å². The fourth-order valence-electron chi connectivity index (χ4n) is 1.60. The Bertz CT molecular complexity index is 376. The highest BCUT2D eigenvalue weighted by Gasteiger charge is 2.17. The molecule has 1 amide bonds. The Morgan fingerprint density at radius 3 is 2.89 bits per heavy atom. The van der Waals surface area contributed by atoms with Crippen LogP contribution in [-0.2, 0) is 0 Å². The molecule has 0 aromatic carbocycles. The second kappa shape index (κ2) is 7.16. The normalized spacial score (nSPS) is 14.2. The molecule has 102 valence electrons. The van der Waals surface area contributed by atoms with E-state index in [9.17, 15) is 4.79 Å². The number of amides is 1. The van der Waals surface area contributed by atoms with Gasteiger partial charge in [-0.05, 0) is 26.2 Å². The van der Waals surface area contributed by atoms with Crippen LogP contribution in [0.3, 0.4) is 0 Å². The molecule has 0 spiro atoms. The molecule has 2 atom stereocenters. The van der Waals surface area contributed by atoms with Gasteiger partial charge in [-0.25, -0.2) is 0 Å². The fourth-order valence-corrected chi connectivity index (χ4v) is 1.60. The van der Waals surface area contributed by atoms with Gasteiger partial charge in [0.15, 0.2) is 0 Å². The van der Waals surface area contributed by atoms with Gasteiger partial charge in [0.05, 0.1) is 5.69 Å². The lowest BCUT2D eigenvalue weighted by Crippen LogP contribution is -2.32. The Morgan fingerprint density at radius 1 is 1.56 bits per heavy atom. The predicted molar refractivity (Wildman–Crippen MR) is 68.5 cm³/mol. The molecule has 18 heavy (non-hydrogen) atoms. The Balaban J connectivity index is 2.53. The fraction of sp³-hybridized carbons (Fsp3) is 0.692. The quantitative estimate of drug-likeness (QED) is 0.781. The molecule has 1 heterocycles. The third kappa shape index (κ3) is 4.14. The van der Waals surface area contributed by atoms with Crippen molar-refractivity contribution in [3.63, 3.8) is 0 Å². The monoisotopic (exact) mass is 254 g/mol. The first-order chi connectivity index (χ1) is 8.58. The minimum absolute atomic E-state index is 0.0156.